The van der Waals surface area contributed by atoms with Gasteiger partial charge in [-0.15, -0.1) is 0 Å². The lowest BCUT2D eigenvalue weighted by Crippen LogP contribution is -2.36. The molecule has 1 unspecified atom stereocenters. The fraction of sp³-hybridized carbons (Fsp3) is 0.214. The topological polar surface area (TPSA) is 85.1 Å². The van der Waals surface area contributed by atoms with E-state index in [-0.39, 0.29) is 29.2 Å². The first kappa shape index (κ1) is 14.3. The van der Waals surface area contributed by atoms with Crippen molar-refractivity contribution in [2.45, 2.75) is 19.4 Å². The number of rotatable bonds is 4. The molecule has 5 nitrogen and oxygen atoms in total. The van der Waals surface area contributed by atoms with Crippen LogP contribution in [0.5, 0.6) is 0 Å². The molecular weight excluding hydrogens is 278 g/mol. The van der Waals surface area contributed by atoms with E-state index >= 15 is 0 Å². The molecule has 0 saturated carbocycles. The molecule has 0 radical (unpaired) electrons. The number of nitrogens with zero attached hydrogens (tertiary/aromatic N) is 1. The summed E-state index contributed by atoms with van der Waals surface area (Å²) >= 11 is 6.06. The van der Waals surface area contributed by atoms with Crippen LogP contribution in [-0.2, 0) is 4.79 Å². The van der Waals surface area contributed by atoms with E-state index in [9.17, 15) is 9.59 Å². The third-order valence-electron chi connectivity index (χ3n) is 2.81. The predicted molar refractivity (Wildman–Crippen MR) is 77.5 cm³/mol. The van der Waals surface area contributed by atoms with Crippen LogP contribution in [0.1, 0.15) is 23.8 Å². The number of carbonyl (C=O) groups is 2. The van der Waals surface area contributed by atoms with Crippen molar-refractivity contribution in [2.75, 3.05) is 0 Å². The van der Waals surface area contributed by atoms with Crippen molar-refractivity contribution in [1.82, 2.24) is 10.3 Å². The smallest absolute Gasteiger partial charge is 0.270 e. The summed E-state index contributed by atoms with van der Waals surface area (Å²) in [5, 5.41) is 4.55. The molecule has 0 aliphatic heterocycles. The van der Waals surface area contributed by atoms with Crippen LogP contribution >= 0.6 is 11.6 Å². The normalized spacial score (nSPS) is 12.1. The Bertz CT molecular complexity index is 673. The van der Waals surface area contributed by atoms with Gasteiger partial charge in [0.05, 0.1) is 0 Å². The van der Waals surface area contributed by atoms with Crippen LogP contribution in [0.2, 0.25) is 5.15 Å². The van der Waals surface area contributed by atoms with Gasteiger partial charge in [0.1, 0.15) is 10.8 Å². The van der Waals surface area contributed by atoms with Gasteiger partial charge in [0.25, 0.3) is 5.91 Å². The van der Waals surface area contributed by atoms with Gasteiger partial charge in [0, 0.05) is 17.8 Å². The third-order valence-corrected chi connectivity index (χ3v) is 3.10. The van der Waals surface area contributed by atoms with Crippen molar-refractivity contribution >= 4 is 34.2 Å². The fourth-order valence-corrected chi connectivity index (χ4v) is 2.19. The molecule has 20 heavy (non-hydrogen) atoms. The summed E-state index contributed by atoms with van der Waals surface area (Å²) in [4.78, 5) is 26.9. The second-order valence-corrected chi connectivity index (χ2v) is 4.92. The number of primary amides is 1. The maximum absolute atomic E-state index is 12.0. The maximum atomic E-state index is 12.0. The van der Waals surface area contributed by atoms with Crippen LogP contribution in [0.25, 0.3) is 10.8 Å². The summed E-state index contributed by atoms with van der Waals surface area (Å²) in [6, 6.07) is 8.70. The van der Waals surface area contributed by atoms with Crippen molar-refractivity contribution in [3.63, 3.8) is 0 Å². The van der Waals surface area contributed by atoms with Crippen molar-refractivity contribution in [2.24, 2.45) is 5.73 Å². The van der Waals surface area contributed by atoms with E-state index in [1.807, 2.05) is 24.3 Å². The molecule has 1 aromatic carbocycles. The molecule has 0 fully saturated rings. The molecule has 2 amide bonds. The summed E-state index contributed by atoms with van der Waals surface area (Å²) in [6.45, 7) is 1.70. The van der Waals surface area contributed by atoms with Gasteiger partial charge in [-0.1, -0.05) is 35.9 Å². The highest BCUT2D eigenvalue weighted by Crippen LogP contribution is 2.22. The van der Waals surface area contributed by atoms with Gasteiger partial charge in [-0.05, 0) is 18.4 Å². The molecular formula is C14H14ClN3O2. The number of pyridine rings is 1. The van der Waals surface area contributed by atoms with Crippen molar-refractivity contribution in [3.05, 3.63) is 41.2 Å². The molecule has 0 spiro atoms. The summed E-state index contributed by atoms with van der Waals surface area (Å²) in [5.74, 6) is -0.853. The molecule has 1 heterocycles. The lowest BCUT2D eigenvalue weighted by Gasteiger charge is -2.12. The molecule has 0 saturated heterocycles. The molecule has 104 valence electrons. The highest BCUT2D eigenvalue weighted by molar-refractivity contribution is 6.34. The lowest BCUT2D eigenvalue weighted by atomic mass is 10.1. The van der Waals surface area contributed by atoms with Crippen molar-refractivity contribution in [3.8, 4) is 0 Å². The minimum absolute atomic E-state index is 0.0764. The van der Waals surface area contributed by atoms with E-state index in [0.717, 1.165) is 10.8 Å². The second kappa shape index (κ2) is 5.88. The second-order valence-electron chi connectivity index (χ2n) is 4.56. The molecule has 0 aliphatic carbocycles. The van der Waals surface area contributed by atoms with E-state index in [0.29, 0.717) is 0 Å². The number of carbonyl (C=O) groups excluding carboxylic acids is 2. The van der Waals surface area contributed by atoms with Gasteiger partial charge in [0.15, 0.2) is 0 Å². The van der Waals surface area contributed by atoms with Crippen molar-refractivity contribution in [1.29, 1.82) is 0 Å². The standard InChI is InChI=1S/C14H14ClN3O2/c1-8(6-12(16)19)17-14(20)11-7-9-4-2-3-5-10(9)13(15)18-11/h2-5,7-8H,6H2,1H3,(H2,16,19)(H,17,20). The van der Waals surface area contributed by atoms with E-state index in [2.05, 4.69) is 10.3 Å². The quantitative estimate of drug-likeness (QED) is 0.844. The SMILES string of the molecule is CC(CC(N)=O)NC(=O)c1cc2ccccc2c(Cl)n1. The molecule has 3 N–H and O–H groups in total. The number of hydrogen-bond donors (Lipinski definition) is 2. The zero-order chi connectivity index (χ0) is 14.7. The summed E-state index contributed by atoms with van der Waals surface area (Å²) < 4.78 is 0. The van der Waals surface area contributed by atoms with E-state index in [1.165, 1.54) is 0 Å². The molecule has 2 rings (SSSR count). The number of fused-ring (bicyclic) bond motifs is 1. The van der Waals surface area contributed by atoms with Crippen molar-refractivity contribution < 1.29 is 9.59 Å². The summed E-state index contributed by atoms with van der Waals surface area (Å²) in [5.41, 5.74) is 5.29. The van der Waals surface area contributed by atoms with Crippen LogP contribution in [0, 0.1) is 0 Å². The van der Waals surface area contributed by atoms with Gasteiger partial charge in [0.2, 0.25) is 5.91 Å². The Morgan fingerprint density at radius 2 is 2.10 bits per heavy atom. The van der Waals surface area contributed by atoms with Crippen LogP contribution in [0.15, 0.2) is 30.3 Å². The maximum Gasteiger partial charge on any atom is 0.270 e. The molecule has 1 atom stereocenters. The van der Waals surface area contributed by atoms with Gasteiger partial charge in [-0.25, -0.2) is 4.98 Å². The highest BCUT2D eigenvalue weighted by Gasteiger charge is 2.14. The minimum Gasteiger partial charge on any atom is -0.370 e. The van der Waals surface area contributed by atoms with E-state index < -0.39 is 5.91 Å². The van der Waals surface area contributed by atoms with E-state index in [4.69, 9.17) is 17.3 Å². The first-order valence-corrected chi connectivity index (χ1v) is 6.49. The molecule has 0 aliphatic rings. The van der Waals surface area contributed by atoms with E-state index in [1.54, 1.807) is 13.0 Å². The molecule has 1 aromatic heterocycles. The van der Waals surface area contributed by atoms with Crippen LogP contribution in [0.3, 0.4) is 0 Å². The Morgan fingerprint density at radius 3 is 2.80 bits per heavy atom. The first-order chi connectivity index (χ1) is 9.47. The Hall–Kier alpha value is -2.14. The monoisotopic (exact) mass is 291 g/mol. The number of nitrogens with one attached hydrogen (secondary N) is 1. The largest absolute Gasteiger partial charge is 0.370 e. The Labute approximate surface area is 121 Å². The lowest BCUT2D eigenvalue weighted by molar-refractivity contribution is -0.118. The van der Waals surface area contributed by atoms with Gasteiger partial charge in [-0.2, -0.15) is 0 Å². The number of hydrogen-bond acceptors (Lipinski definition) is 3. The van der Waals surface area contributed by atoms with Crippen LogP contribution in [0.4, 0.5) is 0 Å². The number of benzene rings is 1. The molecule has 6 heteroatoms. The third kappa shape index (κ3) is 3.24. The number of amides is 2. The highest BCUT2D eigenvalue weighted by atomic mass is 35.5. The van der Waals surface area contributed by atoms with Crippen LogP contribution in [-0.4, -0.2) is 22.8 Å². The molecule has 2 aromatic rings. The average molecular weight is 292 g/mol. The first-order valence-electron chi connectivity index (χ1n) is 6.12. The number of halogens is 1. The van der Waals surface area contributed by atoms with Gasteiger partial charge in [-0.3, -0.25) is 9.59 Å². The van der Waals surface area contributed by atoms with Gasteiger partial charge >= 0.3 is 0 Å². The Morgan fingerprint density at radius 1 is 1.40 bits per heavy atom. The molecule has 0 bridgehead atoms. The number of aromatic nitrogens is 1. The average Bonchev–Trinajstić information content (AvgIpc) is 2.37. The van der Waals surface area contributed by atoms with Gasteiger partial charge < -0.3 is 11.1 Å². The predicted octanol–water partition coefficient (Wildman–Crippen LogP) is 1.88. The summed E-state index contributed by atoms with van der Waals surface area (Å²) in [7, 11) is 0. The van der Waals surface area contributed by atoms with Crippen LogP contribution < -0.4 is 11.1 Å². The minimum atomic E-state index is -0.470. The fourth-order valence-electron chi connectivity index (χ4n) is 1.92. The Balaban J connectivity index is 2.24. The zero-order valence-corrected chi connectivity index (χ0v) is 11.6. The summed E-state index contributed by atoms with van der Waals surface area (Å²) in [6.07, 6.45) is 0.0764. The Kier molecular flexibility index (Phi) is 4.20. The zero-order valence-electron chi connectivity index (χ0n) is 10.9. The number of nitrogens with two attached hydrogens (primary N) is 1.